The van der Waals surface area contributed by atoms with E-state index in [4.69, 9.17) is 0 Å². The Kier molecular flexibility index (Phi) is 5.49. The third-order valence-electron chi connectivity index (χ3n) is 4.77. The van der Waals surface area contributed by atoms with Crippen molar-refractivity contribution in [3.05, 3.63) is 89.7 Å². The van der Waals surface area contributed by atoms with E-state index in [2.05, 4.69) is 15.3 Å². The minimum absolute atomic E-state index is 0.0816. The maximum atomic E-state index is 12.6. The van der Waals surface area contributed by atoms with Gasteiger partial charge in [0.05, 0.1) is 17.7 Å². The molecule has 2 aromatic heterocycles. The zero-order chi connectivity index (χ0) is 21.8. The van der Waals surface area contributed by atoms with E-state index in [1.165, 1.54) is 6.07 Å². The summed E-state index contributed by atoms with van der Waals surface area (Å²) < 4.78 is 0. The van der Waals surface area contributed by atoms with Gasteiger partial charge in [-0.3, -0.25) is 4.79 Å². The Morgan fingerprint density at radius 2 is 1.87 bits per heavy atom. The van der Waals surface area contributed by atoms with Crippen LogP contribution < -0.4 is 5.32 Å². The molecular weight excluding hydrogens is 394 g/mol. The predicted octanol–water partition coefficient (Wildman–Crippen LogP) is 4.07. The number of carbonyl (C=O) groups excluding carboxylic acids is 1. The fourth-order valence-corrected chi connectivity index (χ4v) is 3.39. The second-order valence-corrected chi connectivity index (χ2v) is 6.95. The zero-order valence-electron chi connectivity index (χ0n) is 16.4. The number of pyridine rings is 1. The van der Waals surface area contributed by atoms with Crippen LogP contribution in [0.15, 0.2) is 73.1 Å². The first-order valence-corrected chi connectivity index (χ1v) is 9.55. The van der Waals surface area contributed by atoms with Crippen molar-refractivity contribution < 1.29 is 19.8 Å². The summed E-state index contributed by atoms with van der Waals surface area (Å²) in [7, 11) is 0. The number of carbonyl (C=O) groups is 2. The largest absolute Gasteiger partial charge is 0.508 e. The first kappa shape index (κ1) is 19.9. The van der Waals surface area contributed by atoms with Gasteiger partial charge in [-0.25, -0.2) is 9.78 Å². The highest BCUT2D eigenvalue weighted by atomic mass is 16.4. The van der Waals surface area contributed by atoms with Crippen molar-refractivity contribution in [2.75, 3.05) is 5.32 Å². The predicted molar refractivity (Wildman–Crippen MR) is 118 cm³/mol. The van der Waals surface area contributed by atoms with Gasteiger partial charge >= 0.3 is 5.97 Å². The molecule has 2 aromatic carbocycles. The Hall–Kier alpha value is -4.39. The molecule has 4 rings (SSSR count). The molecular formula is C24H19N3O4. The van der Waals surface area contributed by atoms with Crippen LogP contribution in [0.5, 0.6) is 5.75 Å². The van der Waals surface area contributed by atoms with E-state index < -0.39 is 5.97 Å². The van der Waals surface area contributed by atoms with Crippen molar-refractivity contribution in [1.29, 1.82) is 0 Å². The first-order chi connectivity index (χ1) is 15.0. The van der Waals surface area contributed by atoms with Gasteiger partial charge in [0.1, 0.15) is 11.4 Å². The van der Waals surface area contributed by atoms with Crippen LogP contribution in [-0.2, 0) is 16.0 Å². The van der Waals surface area contributed by atoms with Gasteiger partial charge in [-0.05, 0) is 35.4 Å². The Labute approximate surface area is 177 Å². The van der Waals surface area contributed by atoms with E-state index in [1.807, 2.05) is 6.07 Å². The number of aromatic nitrogens is 2. The smallest absolute Gasteiger partial charge is 0.336 e. The average Bonchev–Trinajstić information content (AvgIpc) is 3.16. The Morgan fingerprint density at radius 1 is 1.06 bits per heavy atom. The van der Waals surface area contributed by atoms with Crippen molar-refractivity contribution in [3.63, 3.8) is 0 Å². The van der Waals surface area contributed by atoms with Gasteiger partial charge in [-0.1, -0.05) is 42.5 Å². The van der Waals surface area contributed by atoms with Crippen LogP contribution in [0.3, 0.4) is 0 Å². The number of nitrogens with zero attached hydrogens (tertiary/aromatic N) is 1. The van der Waals surface area contributed by atoms with E-state index in [-0.39, 0.29) is 23.7 Å². The number of amides is 1. The number of hydrogen-bond donors (Lipinski definition) is 4. The molecule has 31 heavy (non-hydrogen) atoms. The SMILES string of the molecule is O=C(Cc1cccc(O)c1)Nc1ccnc2[nH]cc(/C=C(/C(=O)O)c3ccccc3)c12. The zero-order valence-corrected chi connectivity index (χ0v) is 16.4. The van der Waals surface area contributed by atoms with Gasteiger partial charge in [0.2, 0.25) is 5.91 Å². The summed E-state index contributed by atoms with van der Waals surface area (Å²) >= 11 is 0. The van der Waals surface area contributed by atoms with E-state index in [9.17, 15) is 19.8 Å². The van der Waals surface area contributed by atoms with Crippen molar-refractivity contribution in [1.82, 2.24) is 9.97 Å². The third-order valence-corrected chi connectivity index (χ3v) is 4.77. The molecule has 154 valence electrons. The highest BCUT2D eigenvalue weighted by Gasteiger charge is 2.15. The van der Waals surface area contributed by atoms with Gasteiger partial charge < -0.3 is 20.5 Å². The minimum atomic E-state index is -1.06. The molecule has 0 aliphatic rings. The number of aliphatic carboxylic acids is 1. The fraction of sp³-hybridized carbons (Fsp3) is 0.0417. The Balaban J connectivity index is 1.69. The summed E-state index contributed by atoms with van der Waals surface area (Å²) in [5.74, 6) is -1.23. The van der Waals surface area contributed by atoms with Crippen molar-refractivity contribution in [3.8, 4) is 5.75 Å². The number of aromatic amines is 1. The lowest BCUT2D eigenvalue weighted by molar-refractivity contribution is -0.130. The van der Waals surface area contributed by atoms with E-state index in [0.29, 0.717) is 33.4 Å². The van der Waals surface area contributed by atoms with E-state index >= 15 is 0 Å². The standard InChI is InChI=1S/C24H19N3O4/c28-18-8-4-5-15(11-18)12-21(29)27-20-9-10-25-23-22(20)17(14-26-23)13-19(24(30)31)16-6-2-1-3-7-16/h1-11,13-14,28H,12H2,(H,30,31)(H2,25,26,27,29)/b19-13+. The van der Waals surface area contributed by atoms with Crippen LogP contribution in [0.2, 0.25) is 0 Å². The summed E-state index contributed by atoms with van der Waals surface area (Å²) in [6, 6.07) is 17.0. The molecule has 2 heterocycles. The van der Waals surface area contributed by atoms with Crippen LogP contribution >= 0.6 is 0 Å². The van der Waals surface area contributed by atoms with Gasteiger partial charge in [0, 0.05) is 23.3 Å². The number of hydrogen-bond acceptors (Lipinski definition) is 4. The van der Waals surface area contributed by atoms with Crippen molar-refractivity contribution >= 4 is 40.2 Å². The molecule has 0 radical (unpaired) electrons. The minimum Gasteiger partial charge on any atom is -0.508 e. The van der Waals surface area contributed by atoms with Crippen LogP contribution in [-0.4, -0.2) is 32.1 Å². The van der Waals surface area contributed by atoms with Crippen LogP contribution in [0.4, 0.5) is 5.69 Å². The number of anilines is 1. The molecule has 7 heteroatoms. The third kappa shape index (κ3) is 4.45. The summed E-state index contributed by atoms with van der Waals surface area (Å²) in [5, 5.41) is 22.8. The van der Waals surface area contributed by atoms with Gasteiger partial charge in [-0.2, -0.15) is 0 Å². The number of fused-ring (bicyclic) bond motifs is 1. The highest BCUT2D eigenvalue weighted by Crippen LogP contribution is 2.29. The number of nitrogens with one attached hydrogen (secondary N) is 2. The fourth-order valence-electron chi connectivity index (χ4n) is 3.39. The Bertz CT molecular complexity index is 1290. The van der Waals surface area contributed by atoms with E-state index in [0.717, 1.165) is 0 Å². The molecule has 0 aliphatic carbocycles. The molecule has 0 aliphatic heterocycles. The normalized spacial score (nSPS) is 11.4. The monoisotopic (exact) mass is 413 g/mol. The molecule has 7 nitrogen and oxygen atoms in total. The molecule has 0 bridgehead atoms. The molecule has 1 amide bonds. The lowest BCUT2D eigenvalue weighted by atomic mass is 10.0. The lowest BCUT2D eigenvalue weighted by Gasteiger charge is -2.08. The second kappa shape index (κ2) is 8.54. The second-order valence-electron chi connectivity index (χ2n) is 6.95. The molecule has 0 saturated heterocycles. The lowest BCUT2D eigenvalue weighted by Crippen LogP contribution is -2.14. The van der Waals surface area contributed by atoms with Crippen LogP contribution in [0, 0.1) is 0 Å². The van der Waals surface area contributed by atoms with Gasteiger partial charge in [-0.15, -0.1) is 0 Å². The number of carboxylic acid groups (broad SMARTS) is 1. The molecule has 4 aromatic rings. The molecule has 0 unspecified atom stereocenters. The first-order valence-electron chi connectivity index (χ1n) is 9.55. The van der Waals surface area contributed by atoms with Gasteiger partial charge in [0.15, 0.2) is 0 Å². The molecule has 0 fully saturated rings. The average molecular weight is 413 g/mol. The number of phenolic OH excluding ortho intramolecular Hbond substituents is 1. The van der Waals surface area contributed by atoms with Gasteiger partial charge in [0.25, 0.3) is 0 Å². The van der Waals surface area contributed by atoms with Crippen LogP contribution in [0.1, 0.15) is 16.7 Å². The number of aromatic hydroxyl groups is 1. The van der Waals surface area contributed by atoms with Crippen LogP contribution in [0.25, 0.3) is 22.7 Å². The van der Waals surface area contributed by atoms with E-state index in [1.54, 1.807) is 67.0 Å². The maximum absolute atomic E-state index is 12.6. The summed E-state index contributed by atoms with van der Waals surface area (Å²) in [4.78, 5) is 31.8. The molecule has 0 spiro atoms. The number of phenols is 1. The number of carboxylic acids is 1. The summed E-state index contributed by atoms with van der Waals surface area (Å²) in [6.07, 6.45) is 4.86. The molecule has 0 saturated carbocycles. The summed E-state index contributed by atoms with van der Waals surface area (Å²) in [5.41, 5.74) is 3.01. The van der Waals surface area contributed by atoms with Crippen molar-refractivity contribution in [2.24, 2.45) is 0 Å². The number of H-pyrrole nitrogens is 1. The highest BCUT2D eigenvalue weighted by molar-refractivity contribution is 6.22. The molecule has 0 atom stereocenters. The molecule has 4 N–H and O–H groups in total. The quantitative estimate of drug-likeness (QED) is 0.356. The van der Waals surface area contributed by atoms with Crippen molar-refractivity contribution in [2.45, 2.75) is 6.42 Å². The number of rotatable bonds is 6. The summed E-state index contributed by atoms with van der Waals surface area (Å²) in [6.45, 7) is 0. The Morgan fingerprint density at radius 3 is 2.61 bits per heavy atom. The topological polar surface area (TPSA) is 115 Å². The number of benzene rings is 2. The maximum Gasteiger partial charge on any atom is 0.336 e.